The van der Waals surface area contributed by atoms with Crippen molar-refractivity contribution in [2.45, 2.75) is 32.6 Å². The number of carbonyl (C=O) groups is 1. The van der Waals surface area contributed by atoms with Gasteiger partial charge in [-0.3, -0.25) is 9.78 Å². The third kappa shape index (κ3) is 4.24. The normalized spacial score (nSPS) is 16.0. The van der Waals surface area contributed by atoms with Gasteiger partial charge in [0.1, 0.15) is 0 Å². The Bertz CT molecular complexity index is 468. The average Bonchev–Trinajstić information content (AvgIpc) is 2.48. The second-order valence-electron chi connectivity index (χ2n) is 5.36. The van der Waals surface area contributed by atoms with Crippen molar-refractivity contribution in [1.82, 2.24) is 10.3 Å². The first-order valence-electron chi connectivity index (χ1n) is 7.45. The number of hydrogen-bond donors (Lipinski definition) is 1. The fourth-order valence-corrected chi connectivity index (χ4v) is 3.21. The van der Waals surface area contributed by atoms with E-state index in [0.717, 1.165) is 51.0 Å². The van der Waals surface area contributed by atoms with Gasteiger partial charge in [0.15, 0.2) is 0 Å². The zero-order valence-electron chi connectivity index (χ0n) is 12.2. The van der Waals surface area contributed by atoms with Crippen LogP contribution in [0.25, 0.3) is 0 Å². The van der Waals surface area contributed by atoms with Crippen LogP contribution in [-0.4, -0.2) is 30.5 Å². The lowest BCUT2D eigenvalue weighted by Crippen LogP contribution is -2.41. The number of pyridine rings is 1. The molecule has 1 aromatic heterocycles. The van der Waals surface area contributed by atoms with Gasteiger partial charge in [-0.2, -0.15) is 0 Å². The van der Waals surface area contributed by atoms with E-state index in [0.29, 0.717) is 10.0 Å². The van der Waals surface area contributed by atoms with E-state index < -0.39 is 0 Å². The predicted octanol–water partition coefficient (Wildman–Crippen LogP) is 3.52. The minimum atomic E-state index is 0.0949. The van der Waals surface area contributed by atoms with Crippen LogP contribution in [-0.2, 0) is 4.79 Å². The molecule has 0 atom stereocenters. The predicted molar refractivity (Wildman–Crippen MR) is 87.1 cm³/mol. The first-order chi connectivity index (χ1) is 10.1. The Labute approximate surface area is 135 Å². The summed E-state index contributed by atoms with van der Waals surface area (Å²) in [5.41, 5.74) is 0.832. The van der Waals surface area contributed by atoms with Crippen molar-refractivity contribution in [3.63, 3.8) is 0 Å². The maximum atomic E-state index is 12.1. The number of piperidine rings is 1. The van der Waals surface area contributed by atoms with Gasteiger partial charge in [0.2, 0.25) is 5.91 Å². The standard InChI is InChI=1S/C15H21Cl2N3O/c1-2-3-6-19-15(21)11-4-7-20(8-5-11)14-12(16)9-18-10-13(14)17/h9-11H,2-8H2,1H3,(H,19,21). The number of halogens is 2. The lowest BCUT2D eigenvalue weighted by molar-refractivity contribution is -0.125. The molecule has 1 saturated heterocycles. The summed E-state index contributed by atoms with van der Waals surface area (Å²) in [4.78, 5) is 18.2. The molecule has 1 aliphatic rings. The largest absolute Gasteiger partial charge is 0.369 e. The Hall–Kier alpha value is -1.00. The maximum Gasteiger partial charge on any atom is 0.223 e. The second-order valence-corrected chi connectivity index (χ2v) is 6.17. The van der Waals surface area contributed by atoms with Gasteiger partial charge < -0.3 is 10.2 Å². The summed E-state index contributed by atoms with van der Waals surface area (Å²) in [6.07, 6.45) is 6.99. The van der Waals surface area contributed by atoms with Crippen molar-refractivity contribution in [1.29, 1.82) is 0 Å². The Morgan fingerprint density at radius 2 is 1.95 bits per heavy atom. The monoisotopic (exact) mass is 329 g/mol. The Morgan fingerprint density at radius 3 is 2.52 bits per heavy atom. The third-order valence-corrected chi connectivity index (χ3v) is 4.39. The number of hydrogen-bond acceptors (Lipinski definition) is 3. The van der Waals surface area contributed by atoms with Crippen LogP contribution >= 0.6 is 23.2 Å². The van der Waals surface area contributed by atoms with Gasteiger partial charge in [-0.1, -0.05) is 36.5 Å². The minimum Gasteiger partial charge on any atom is -0.369 e. The summed E-state index contributed by atoms with van der Waals surface area (Å²) >= 11 is 12.4. The van der Waals surface area contributed by atoms with Crippen molar-refractivity contribution >= 4 is 34.8 Å². The van der Waals surface area contributed by atoms with E-state index in [4.69, 9.17) is 23.2 Å². The summed E-state index contributed by atoms with van der Waals surface area (Å²) < 4.78 is 0. The topological polar surface area (TPSA) is 45.2 Å². The summed E-state index contributed by atoms with van der Waals surface area (Å²) in [6.45, 7) is 4.47. The van der Waals surface area contributed by atoms with Gasteiger partial charge in [-0.05, 0) is 19.3 Å². The maximum absolute atomic E-state index is 12.1. The van der Waals surface area contributed by atoms with Crippen LogP contribution < -0.4 is 10.2 Å². The van der Waals surface area contributed by atoms with Crippen molar-refractivity contribution in [2.24, 2.45) is 5.92 Å². The number of nitrogens with one attached hydrogen (secondary N) is 1. The summed E-state index contributed by atoms with van der Waals surface area (Å²) in [5.74, 6) is 0.271. The molecule has 4 nitrogen and oxygen atoms in total. The highest BCUT2D eigenvalue weighted by atomic mass is 35.5. The molecule has 2 heterocycles. The fourth-order valence-electron chi connectivity index (χ4n) is 2.60. The molecular weight excluding hydrogens is 309 g/mol. The van der Waals surface area contributed by atoms with E-state index in [-0.39, 0.29) is 11.8 Å². The van der Waals surface area contributed by atoms with E-state index in [2.05, 4.69) is 22.1 Å². The van der Waals surface area contributed by atoms with Crippen molar-refractivity contribution in [2.75, 3.05) is 24.5 Å². The molecule has 21 heavy (non-hydrogen) atoms. The summed E-state index contributed by atoms with van der Waals surface area (Å²) in [6, 6.07) is 0. The molecule has 1 aliphatic heterocycles. The van der Waals surface area contributed by atoms with Crippen LogP contribution in [0.3, 0.4) is 0 Å². The molecule has 1 aromatic rings. The first kappa shape index (κ1) is 16.4. The molecule has 0 saturated carbocycles. The lowest BCUT2D eigenvalue weighted by atomic mass is 9.95. The number of aromatic nitrogens is 1. The number of anilines is 1. The van der Waals surface area contributed by atoms with Crippen LogP contribution in [0.1, 0.15) is 32.6 Å². The lowest BCUT2D eigenvalue weighted by Gasteiger charge is -2.33. The van der Waals surface area contributed by atoms with E-state index in [1.165, 1.54) is 0 Å². The van der Waals surface area contributed by atoms with Crippen LogP contribution in [0, 0.1) is 5.92 Å². The SMILES string of the molecule is CCCCNC(=O)C1CCN(c2c(Cl)cncc2Cl)CC1. The quantitative estimate of drug-likeness (QED) is 0.840. The molecule has 116 valence electrons. The number of rotatable bonds is 5. The highest BCUT2D eigenvalue weighted by Crippen LogP contribution is 2.34. The molecule has 6 heteroatoms. The van der Waals surface area contributed by atoms with Gasteiger partial charge in [0, 0.05) is 37.9 Å². The van der Waals surface area contributed by atoms with Crippen LogP contribution in [0.4, 0.5) is 5.69 Å². The zero-order chi connectivity index (χ0) is 15.2. The van der Waals surface area contributed by atoms with E-state index >= 15 is 0 Å². The molecule has 1 fully saturated rings. The molecule has 0 radical (unpaired) electrons. The summed E-state index contributed by atoms with van der Waals surface area (Å²) in [7, 11) is 0. The fraction of sp³-hybridized carbons (Fsp3) is 0.600. The summed E-state index contributed by atoms with van der Waals surface area (Å²) in [5, 5.41) is 4.14. The molecule has 2 rings (SSSR count). The molecule has 1 amide bonds. The van der Waals surface area contributed by atoms with E-state index in [1.54, 1.807) is 12.4 Å². The Morgan fingerprint density at radius 1 is 1.33 bits per heavy atom. The Balaban J connectivity index is 1.90. The third-order valence-electron chi connectivity index (χ3n) is 3.84. The molecule has 0 aliphatic carbocycles. The number of carbonyl (C=O) groups excluding carboxylic acids is 1. The van der Waals surface area contributed by atoms with E-state index in [9.17, 15) is 4.79 Å². The Kier molecular flexibility index (Phi) is 6.12. The first-order valence-corrected chi connectivity index (χ1v) is 8.20. The molecular formula is C15H21Cl2N3O. The van der Waals surface area contributed by atoms with Crippen LogP contribution in [0.5, 0.6) is 0 Å². The van der Waals surface area contributed by atoms with Gasteiger partial charge in [0.05, 0.1) is 15.7 Å². The molecule has 0 unspecified atom stereocenters. The number of unbranched alkanes of at least 4 members (excludes halogenated alkanes) is 1. The molecule has 0 bridgehead atoms. The number of amides is 1. The van der Waals surface area contributed by atoms with Crippen LogP contribution in [0.15, 0.2) is 12.4 Å². The minimum absolute atomic E-state index is 0.0949. The zero-order valence-corrected chi connectivity index (χ0v) is 13.8. The molecule has 1 N–H and O–H groups in total. The van der Waals surface area contributed by atoms with Crippen molar-refractivity contribution in [3.8, 4) is 0 Å². The smallest absolute Gasteiger partial charge is 0.223 e. The number of nitrogens with zero attached hydrogens (tertiary/aromatic N) is 2. The highest BCUT2D eigenvalue weighted by Gasteiger charge is 2.26. The molecule has 0 spiro atoms. The van der Waals surface area contributed by atoms with Crippen LogP contribution in [0.2, 0.25) is 10.0 Å². The van der Waals surface area contributed by atoms with Gasteiger partial charge >= 0.3 is 0 Å². The second kappa shape index (κ2) is 7.85. The van der Waals surface area contributed by atoms with Crippen molar-refractivity contribution < 1.29 is 4.79 Å². The highest BCUT2D eigenvalue weighted by molar-refractivity contribution is 6.38. The van der Waals surface area contributed by atoms with E-state index in [1.807, 2.05) is 0 Å². The van der Waals surface area contributed by atoms with Gasteiger partial charge in [0.25, 0.3) is 0 Å². The molecule has 0 aromatic carbocycles. The van der Waals surface area contributed by atoms with Gasteiger partial charge in [-0.15, -0.1) is 0 Å². The average molecular weight is 330 g/mol. The van der Waals surface area contributed by atoms with Gasteiger partial charge in [-0.25, -0.2) is 0 Å². The van der Waals surface area contributed by atoms with Crippen molar-refractivity contribution in [3.05, 3.63) is 22.4 Å².